The maximum atomic E-state index is 11.8. The van der Waals surface area contributed by atoms with Crippen molar-refractivity contribution in [3.8, 4) is 0 Å². The minimum absolute atomic E-state index is 0.0580. The topological polar surface area (TPSA) is 58.2 Å². The highest BCUT2D eigenvalue weighted by Gasteiger charge is 2.19. The molecule has 4 nitrogen and oxygen atoms in total. The molecular weight excluding hydrogens is 240 g/mol. The van der Waals surface area contributed by atoms with Gasteiger partial charge in [-0.3, -0.25) is 9.59 Å². The van der Waals surface area contributed by atoms with Crippen molar-refractivity contribution in [3.05, 3.63) is 35.4 Å². The van der Waals surface area contributed by atoms with Gasteiger partial charge in [-0.1, -0.05) is 29.8 Å². The SMILES string of the molecule is Cc1cccc(CCC(=O)NC2CCC(=O)NC2)c1. The fourth-order valence-electron chi connectivity index (χ4n) is 2.28. The van der Waals surface area contributed by atoms with E-state index in [1.807, 2.05) is 25.1 Å². The Morgan fingerprint density at radius 3 is 3.00 bits per heavy atom. The third kappa shape index (κ3) is 4.39. The van der Waals surface area contributed by atoms with Crippen LogP contribution in [-0.2, 0) is 16.0 Å². The lowest BCUT2D eigenvalue weighted by Gasteiger charge is -2.23. The third-order valence-corrected chi connectivity index (χ3v) is 3.35. The molecule has 1 saturated heterocycles. The molecule has 1 heterocycles. The van der Waals surface area contributed by atoms with Crippen LogP contribution in [0.15, 0.2) is 24.3 Å². The maximum Gasteiger partial charge on any atom is 0.220 e. The van der Waals surface area contributed by atoms with Crippen LogP contribution in [0.25, 0.3) is 0 Å². The van der Waals surface area contributed by atoms with Gasteiger partial charge in [0.2, 0.25) is 11.8 Å². The van der Waals surface area contributed by atoms with Crippen molar-refractivity contribution in [2.24, 2.45) is 0 Å². The van der Waals surface area contributed by atoms with Gasteiger partial charge in [0.25, 0.3) is 0 Å². The van der Waals surface area contributed by atoms with Crippen LogP contribution in [0.2, 0.25) is 0 Å². The maximum absolute atomic E-state index is 11.8. The summed E-state index contributed by atoms with van der Waals surface area (Å²) in [5.41, 5.74) is 2.40. The molecule has 1 unspecified atom stereocenters. The monoisotopic (exact) mass is 260 g/mol. The molecule has 0 spiro atoms. The molecule has 1 aromatic carbocycles. The molecule has 0 radical (unpaired) electrons. The summed E-state index contributed by atoms with van der Waals surface area (Å²) < 4.78 is 0. The van der Waals surface area contributed by atoms with Crippen LogP contribution >= 0.6 is 0 Å². The Morgan fingerprint density at radius 2 is 2.32 bits per heavy atom. The minimum atomic E-state index is 0.0580. The van der Waals surface area contributed by atoms with Crippen LogP contribution in [0.1, 0.15) is 30.4 Å². The molecule has 0 saturated carbocycles. The first-order valence-corrected chi connectivity index (χ1v) is 6.75. The molecule has 2 N–H and O–H groups in total. The molecule has 1 atom stereocenters. The molecule has 2 amide bonds. The lowest BCUT2D eigenvalue weighted by atomic mass is 10.1. The van der Waals surface area contributed by atoms with Crippen molar-refractivity contribution in [1.29, 1.82) is 0 Å². The van der Waals surface area contributed by atoms with Crippen LogP contribution in [0.5, 0.6) is 0 Å². The molecular formula is C15H20N2O2. The summed E-state index contributed by atoms with van der Waals surface area (Å²) in [7, 11) is 0. The number of amides is 2. The zero-order chi connectivity index (χ0) is 13.7. The average molecular weight is 260 g/mol. The van der Waals surface area contributed by atoms with E-state index in [1.54, 1.807) is 0 Å². The Balaban J connectivity index is 1.74. The first kappa shape index (κ1) is 13.6. The predicted octanol–water partition coefficient (Wildman–Crippen LogP) is 1.32. The van der Waals surface area contributed by atoms with Gasteiger partial charge >= 0.3 is 0 Å². The second-order valence-corrected chi connectivity index (χ2v) is 5.10. The molecule has 1 fully saturated rings. The van der Waals surface area contributed by atoms with Crippen molar-refractivity contribution >= 4 is 11.8 Å². The first-order valence-electron chi connectivity index (χ1n) is 6.75. The second-order valence-electron chi connectivity index (χ2n) is 5.10. The molecule has 1 aromatic rings. The van der Waals surface area contributed by atoms with E-state index in [9.17, 15) is 9.59 Å². The van der Waals surface area contributed by atoms with E-state index in [2.05, 4.69) is 16.7 Å². The van der Waals surface area contributed by atoms with E-state index in [4.69, 9.17) is 0 Å². The van der Waals surface area contributed by atoms with Crippen molar-refractivity contribution in [1.82, 2.24) is 10.6 Å². The van der Waals surface area contributed by atoms with Crippen LogP contribution in [0.3, 0.4) is 0 Å². The Labute approximate surface area is 113 Å². The number of aryl methyl sites for hydroxylation is 2. The van der Waals surface area contributed by atoms with Crippen molar-refractivity contribution in [2.45, 2.75) is 38.6 Å². The van der Waals surface area contributed by atoms with E-state index >= 15 is 0 Å². The summed E-state index contributed by atoms with van der Waals surface area (Å²) in [6.45, 7) is 2.60. The number of rotatable bonds is 4. The number of benzene rings is 1. The van der Waals surface area contributed by atoms with E-state index in [0.717, 1.165) is 12.8 Å². The van der Waals surface area contributed by atoms with Gasteiger partial charge in [0.15, 0.2) is 0 Å². The molecule has 19 heavy (non-hydrogen) atoms. The molecule has 0 aliphatic carbocycles. The number of piperidine rings is 1. The lowest BCUT2D eigenvalue weighted by Crippen LogP contribution is -2.47. The highest BCUT2D eigenvalue weighted by molar-refractivity contribution is 5.79. The van der Waals surface area contributed by atoms with Gasteiger partial charge in [0, 0.05) is 25.4 Å². The molecule has 1 aliphatic heterocycles. The zero-order valence-electron chi connectivity index (χ0n) is 11.2. The summed E-state index contributed by atoms with van der Waals surface area (Å²) in [5, 5.41) is 5.74. The van der Waals surface area contributed by atoms with Crippen molar-refractivity contribution in [3.63, 3.8) is 0 Å². The molecule has 1 aliphatic rings. The fraction of sp³-hybridized carbons (Fsp3) is 0.467. The number of carbonyl (C=O) groups is 2. The fourth-order valence-corrected chi connectivity index (χ4v) is 2.28. The predicted molar refractivity (Wildman–Crippen MR) is 73.7 cm³/mol. The number of carbonyl (C=O) groups excluding carboxylic acids is 2. The van der Waals surface area contributed by atoms with Crippen molar-refractivity contribution < 1.29 is 9.59 Å². The Morgan fingerprint density at radius 1 is 1.47 bits per heavy atom. The highest BCUT2D eigenvalue weighted by Crippen LogP contribution is 2.07. The van der Waals surface area contributed by atoms with Gasteiger partial charge < -0.3 is 10.6 Å². The highest BCUT2D eigenvalue weighted by atomic mass is 16.2. The van der Waals surface area contributed by atoms with E-state index in [1.165, 1.54) is 11.1 Å². The van der Waals surface area contributed by atoms with Gasteiger partial charge in [-0.15, -0.1) is 0 Å². The zero-order valence-corrected chi connectivity index (χ0v) is 11.2. The number of hydrogen-bond acceptors (Lipinski definition) is 2. The summed E-state index contributed by atoms with van der Waals surface area (Å²) in [4.78, 5) is 22.8. The Bertz CT molecular complexity index is 461. The molecule has 0 bridgehead atoms. The van der Waals surface area contributed by atoms with E-state index < -0.39 is 0 Å². The van der Waals surface area contributed by atoms with Gasteiger partial charge in [-0.2, -0.15) is 0 Å². The average Bonchev–Trinajstić information content (AvgIpc) is 2.39. The van der Waals surface area contributed by atoms with Gasteiger partial charge in [0.1, 0.15) is 0 Å². The van der Waals surface area contributed by atoms with Crippen LogP contribution in [-0.4, -0.2) is 24.4 Å². The van der Waals surface area contributed by atoms with E-state index in [-0.39, 0.29) is 17.9 Å². The van der Waals surface area contributed by atoms with Crippen LogP contribution < -0.4 is 10.6 Å². The van der Waals surface area contributed by atoms with Crippen molar-refractivity contribution in [2.75, 3.05) is 6.54 Å². The molecule has 102 valence electrons. The van der Waals surface area contributed by atoms with Gasteiger partial charge in [-0.05, 0) is 25.3 Å². The van der Waals surface area contributed by atoms with Gasteiger partial charge in [-0.25, -0.2) is 0 Å². The Hall–Kier alpha value is -1.84. The summed E-state index contributed by atoms with van der Waals surface area (Å²) in [5.74, 6) is 0.132. The summed E-state index contributed by atoms with van der Waals surface area (Å²) in [6.07, 6.45) is 2.49. The standard InChI is InChI=1S/C15H20N2O2/c1-11-3-2-4-12(9-11)5-7-15(19)17-13-6-8-14(18)16-10-13/h2-4,9,13H,5-8,10H2,1H3,(H,16,18)(H,17,19). The van der Waals surface area contributed by atoms with Gasteiger partial charge in [0.05, 0.1) is 0 Å². The second kappa shape index (κ2) is 6.36. The first-order chi connectivity index (χ1) is 9.13. The number of nitrogens with one attached hydrogen (secondary N) is 2. The quantitative estimate of drug-likeness (QED) is 0.858. The number of hydrogen-bond donors (Lipinski definition) is 2. The Kier molecular flexibility index (Phi) is 4.55. The van der Waals surface area contributed by atoms with Crippen LogP contribution in [0, 0.1) is 6.92 Å². The van der Waals surface area contributed by atoms with E-state index in [0.29, 0.717) is 19.4 Å². The summed E-state index contributed by atoms with van der Waals surface area (Å²) >= 11 is 0. The smallest absolute Gasteiger partial charge is 0.220 e. The summed E-state index contributed by atoms with van der Waals surface area (Å²) in [6, 6.07) is 8.30. The molecule has 2 rings (SSSR count). The lowest BCUT2D eigenvalue weighted by molar-refractivity contribution is -0.125. The van der Waals surface area contributed by atoms with Crippen LogP contribution in [0.4, 0.5) is 0 Å². The largest absolute Gasteiger partial charge is 0.354 e. The molecule has 0 aromatic heterocycles. The third-order valence-electron chi connectivity index (χ3n) is 3.35. The minimum Gasteiger partial charge on any atom is -0.354 e. The molecule has 4 heteroatoms. The normalized spacial score (nSPS) is 18.8.